The summed E-state index contributed by atoms with van der Waals surface area (Å²) >= 11 is 0. The molecule has 174 valence electrons. The number of hydrogen-bond acceptors (Lipinski definition) is 5. The van der Waals surface area contributed by atoms with Gasteiger partial charge in [-0.15, -0.1) is 0 Å². The van der Waals surface area contributed by atoms with E-state index in [9.17, 15) is 4.79 Å². The Morgan fingerprint density at radius 3 is 2.38 bits per heavy atom. The van der Waals surface area contributed by atoms with E-state index in [0.717, 1.165) is 33.9 Å². The SMILES string of the molecule is CCOc1ccc(-n2cc(OC(=O)C(C)C)c3c2nc(C(C)C)n2c4ccccc4nc32)cc1. The van der Waals surface area contributed by atoms with Crippen molar-refractivity contribution in [3.63, 3.8) is 0 Å². The number of benzene rings is 2. The third-order valence-corrected chi connectivity index (χ3v) is 5.80. The average Bonchev–Trinajstić information content (AvgIpc) is 3.37. The molecule has 0 radical (unpaired) electrons. The van der Waals surface area contributed by atoms with Crippen LogP contribution in [0, 0.1) is 5.92 Å². The molecule has 0 bridgehead atoms. The minimum atomic E-state index is -0.298. The molecule has 7 heteroatoms. The van der Waals surface area contributed by atoms with E-state index >= 15 is 0 Å². The second kappa shape index (κ2) is 8.48. The predicted octanol–water partition coefficient (Wildman–Crippen LogP) is 5.91. The Hall–Kier alpha value is -3.87. The van der Waals surface area contributed by atoms with Gasteiger partial charge in [0.1, 0.15) is 17.0 Å². The molecule has 3 aromatic heterocycles. The summed E-state index contributed by atoms with van der Waals surface area (Å²) in [4.78, 5) is 22.6. The van der Waals surface area contributed by atoms with Crippen LogP contribution in [-0.2, 0) is 4.79 Å². The number of aromatic nitrogens is 4. The molecule has 3 heterocycles. The monoisotopic (exact) mass is 456 g/mol. The molecule has 0 saturated heterocycles. The van der Waals surface area contributed by atoms with Crippen LogP contribution < -0.4 is 9.47 Å². The Bertz CT molecular complexity index is 1510. The first-order valence-corrected chi connectivity index (χ1v) is 11.7. The first-order chi connectivity index (χ1) is 16.4. The fourth-order valence-corrected chi connectivity index (χ4v) is 4.14. The van der Waals surface area contributed by atoms with Gasteiger partial charge in [-0.2, -0.15) is 0 Å². The number of para-hydroxylation sites is 2. The quantitative estimate of drug-likeness (QED) is 0.297. The lowest BCUT2D eigenvalue weighted by Crippen LogP contribution is -2.14. The number of esters is 1. The van der Waals surface area contributed by atoms with Crippen molar-refractivity contribution >= 4 is 33.7 Å². The van der Waals surface area contributed by atoms with E-state index in [1.54, 1.807) is 0 Å². The molecule has 0 saturated carbocycles. The molecule has 0 aliphatic heterocycles. The summed E-state index contributed by atoms with van der Waals surface area (Å²) in [5, 5.41) is 0.712. The minimum Gasteiger partial charge on any atom is -0.494 e. The van der Waals surface area contributed by atoms with Gasteiger partial charge in [0.2, 0.25) is 0 Å². The number of fused-ring (bicyclic) bond motifs is 5. The Morgan fingerprint density at radius 2 is 1.71 bits per heavy atom. The van der Waals surface area contributed by atoms with Crippen LogP contribution in [0.1, 0.15) is 46.4 Å². The Labute approximate surface area is 198 Å². The van der Waals surface area contributed by atoms with Crippen molar-refractivity contribution in [1.82, 2.24) is 18.9 Å². The van der Waals surface area contributed by atoms with Crippen LogP contribution in [0.25, 0.3) is 33.4 Å². The third kappa shape index (κ3) is 3.57. The van der Waals surface area contributed by atoms with Crippen LogP contribution in [0.4, 0.5) is 0 Å². The zero-order valence-electron chi connectivity index (χ0n) is 20.1. The van der Waals surface area contributed by atoms with Crippen LogP contribution in [-0.4, -0.2) is 31.5 Å². The van der Waals surface area contributed by atoms with E-state index in [4.69, 9.17) is 19.4 Å². The first kappa shape index (κ1) is 21.9. The summed E-state index contributed by atoms with van der Waals surface area (Å²) in [6, 6.07) is 15.8. The standard InChI is InChI=1S/C27H28N4O3/c1-6-33-19-13-11-18(12-14-19)30-15-22(34-27(32)17(4)5)23-25(30)29-24(16(2)3)31-21-10-8-7-9-20(21)28-26(23)31/h7-17H,6H2,1-5H3. The number of hydrogen-bond donors (Lipinski definition) is 0. The smallest absolute Gasteiger partial charge is 0.313 e. The van der Waals surface area contributed by atoms with E-state index in [0.29, 0.717) is 23.4 Å². The van der Waals surface area contributed by atoms with E-state index < -0.39 is 0 Å². The van der Waals surface area contributed by atoms with Gasteiger partial charge in [0.15, 0.2) is 17.0 Å². The maximum atomic E-state index is 12.6. The zero-order chi connectivity index (χ0) is 24.0. The molecule has 34 heavy (non-hydrogen) atoms. The number of imidazole rings is 1. The Kier molecular flexibility index (Phi) is 5.48. The minimum absolute atomic E-state index is 0.148. The average molecular weight is 457 g/mol. The third-order valence-electron chi connectivity index (χ3n) is 5.80. The summed E-state index contributed by atoms with van der Waals surface area (Å²) in [5.74, 6) is 1.73. The van der Waals surface area contributed by atoms with Crippen molar-refractivity contribution < 1.29 is 14.3 Å². The molecular formula is C27H28N4O3. The zero-order valence-corrected chi connectivity index (χ0v) is 20.1. The van der Waals surface area contributed by atoms with Gasteiger partial charge in [-0.3, -0.25) is 13.8 Å². The Morgan fingerprint density at radius 1 is 0.971 bits per heavy atom. The predicted molar refractivity (Wildman–Crippen MR) is 133 cm³/mol. The lowest BCUT2D eigenvalue weighted by molar-refractivity contribution is -0.137. The van der Waals surface area contributed by atoms with Gasteiger partial charge in [-0.1, -0.05) is 39.8 Å². The van der Waals surface area contributed by atoms with E-state index in [1.165, 1.54) is 0 Å². The molecule has 0 aliphatic rings. The second-order valence-corrected chi connectivity index (χ2v) is 8.95. The van der Waals surface area contributed by atoms with Gasteiger partial charge in [-0.05, 0) is 43.3 Å². The number of carbonyl (C=O) groups is 1. The lowest BCUT2D eigenvalue weighted by Gasteiger charge is -2.12. The molecule has 0 aliphatic carbocycles. The number of carbonyl (C=O) groups excluding carboxylic acids is 1. The normalized spacial score (nSPS) is 11.9. The summed E-state index contributed by atoms with van der Waals surface area (Å²) in [7, 11) is 0. The van der Waals surface area contributed by atoms with Crippen molar-refractivity contribution in [2.75, 3.05) is 6.61 Å². The molecule has 2 aromatic carbocycles. The highest BCUT2D eigenvalue weighted by atomic mass is 16.5. The highest BCUT2D eigenvalue weighted by Crippen LogP contribution is 2.36. The van der Waals surface area contributed by atoms with E-state index in [1.807, 2.05) is 80.1 Å². The molecule has 7 nitrogen and oxygen atoms in total. The highest BCUT2D eigenvalue weighted by molar-refractivity contribution is 6.01. The van der Waals surface area contributed by atoms with Crippen LogP contribution in [0.5, 0.6) is 11.5 Å². The molecule has 0 N–H and O–H groups in total. The molecule has 5 aromatic rings. The first-order valence-electron chi connectivity index (χ1n) is 11.7. The van der Waals surface area contributed by atoms with Crippen molar-refractivity contribution in [3.05, 3.63) is 60.6 Å². The maximum Gasteiger partial charge on any atom is 0.313 e. The van der Waals surface area contributed by atoms with Gasteiger partial charge in [-0.25, -0.2) is 9.97 Å². The van der Waals surface area contributed by atoms with Gasteiger partial charge in [0.05, 0.1) is 29.8 Å². The van der Waals surface area contributed by atoms with Gasteiger partial charge in [0.25, 0.3) is 0 Å². The summed E-state index contributed by atoms with van der Waals surface area (Å²) in [6.45, 7) is 10.4. The van der Waals surface area contributed by atoms with Gasteiger partial charge >= 0.3 is 5.97 Å². The number of nitrogens with zero attached hydrogens (tertiary/aromatic N) is 4. The van der Waals surface area contributed by atoms with Crippen molar-refractivity contribution in [2.45, 2.75) is 40.5 Å². The Balaban J connectivity index is 1.85. The lowest BCUT2D eigenvalue weighted by atomic mass is 10.2. The molecule has 5 rings (SSSR count). The van der Waals surface area contributed by atoms with Crippen molar-refractivity contribution in [3.8, 4) is 17.2 Å². The second-order valence-electron chi connectivity index (χ2n) is 8.95. The topological polar surface area (TPSA) is 70.7 Å². The molecule has 0 amide bonds. The van der Waals surface area contributed by atoms with Crippen molar-refractivity contribution in [2.24, 2.45) is 5.92 Å². The van der Waals surface area contributed by atoms with Crippen molar-refractivity contribution in [1.29, 1.82) is 0 Å². The molecule has 0 fully saturated rings. The molecule has 0 spiro atoms. The van der Waals surface area contributed by atoms with Crippen LogP contribution in [0.2, 0.25) is 0 Å². The fraction of sp³-hybridized carbons (Fsp3) is 0.296. The molecular weight excluding hydrogens is 428 g/mol. The van der Waals surface area contributed by atoms with E-state index in [2.05, 4.69) is 18.2 Å². The summed E-state index contributed by atoms with van der Waals surface area (Å²) < 4.78 is 15.5. The van der Waals surface area contributed by atoms with Gasteiger partial charge in [0, 0.05) is 11.6 Å². The van der Waals surface area contributed by atoms with E-state index in [-0.39, 0.29) is 17.8 Å². The highest BCUT2D eigenvalue weighted by Gasteiger charge is 2.24. The molecule has 0 unspecified atom stereocenters. The summed E-state index contributed by atoms with van der Waals surface area (Å²) in [5.41, 5.74) is 4.16. The van der Waals surface area contributed by atoms with Crippen LogP contribution >= 0.6 is 0 Å². The van der Waals surface area contributed by atoms with Crippen LogP contribution in [0.15, 0.2) is 54.7 Å². The number of ether oxygens (including phenoxy) is 2. The van der Waals surface area contributed by atoms with Gasteiger partial charge < -0.3 is 9.47 Å². The molecule has 0 atom stereocenters. The fourth-order valence-electron chi connectivity index (χ4n) is 4.14. The summed E-state index contributed by atoms with van der Waals surface area (Å²) in [6.07, 6.45) is 1.83. The largest absolute Gasteiger partial charge is 0.494 e. The number of rotatable bonds is 6. The van der Waals surface area contributed by atoms with Crippen LogP contribution in [0.3, 0.4) is 0 Å². The maximum absolute atomic E-state index is 12.6.